The fraction of sp³-hybridized carbons (Fsp3) is 0.667. The van der Waals surface area contributed by atoms with E-state index in [1.54, 1.807) is 0 Å². The maximum Gasteiger partial charge on any atom is 0.255 e. The van der Waals surface area contributed by atoms with Crippen molar-refractivity contribution in [1.29, 1.82) is 0 Å². The largest absolute Gasteiger partial charge is 0.353 e. The van der Waals surface area contributed by atoms with Crippen LogP contribution in [0.15, 0.2) is 4.79 Å². The molecule has 0 radical (unpaired) electrons. The highest BCUT2D eigenvalue weighted by molar-refractivity contribution is 5.30. The van der Waals surface area contributed by atoms with Gasteiger partial charge in [-0.05, 0) is 39.3 Å². The van der Waals surface area contributed by atoms with Gasteiger partial charge in [-0.1, -0.05) is 6.92 Å². The molecule has 5 nitrogen and oxygen atoms in total. The molecule has 94 valence electrons. The molecule has 1 saturated heterocycles. The van der Waals surface area contributed by atoms with Crippen LogP contribution >= 0.6 is 0 Å². The Bertz CT molecular complexity index is 435. The molecular weight excluding hydrogens is 216 g/mol. The van der Waals surface area contributed by atoms with E-state index < -0.39 is 0 Å². The summed E-state index contributed by atoms with van der Waals surface area (Å²) in [6, 6.07) is 0.409. The second-order valence-corrected chi connectivity index (χ2v) is 4.51. The highest BCUT2D eigenvalue weighted by Gasteiger charge is 2.14. The number of H-pyrrole nitrogens is 1. The molecule has 1 aromatic heterocycles. The molecule has 0 aliphatic carbocycles. The van der Waals surface area contributed by atoms with Crippen molar-refractivity contribution in [1.82, 2.24) is 15.3 Å². The summed E-state index contributed by atoms with van der Waals surface area (Å²) in [5.41, 5.74) is 1.57. The number of hydrogen-bond donors (Lipinski definition) is 3. The standard InChI is InChI=1S/C12H20N4O/c1-3-10-8(2)11(17)16-12(15-10)14-9-4-6-13-7-5-9/h9,13H,3-7H2,1-2H3,(H2,14,15,16,17). The van der Waals surface area contributed by atoms with Gasteiger partial charge >= 0.3 is 0 Å². The van der Waals surface area contributed by atoms with Gasteiger partial charge in [0, 0.05) is 11.6 Å². The van der Waals surface area contributed by atoms with Gasteiger partial charge in [-0.3, -0.25) is 9.78 Å². The van der Waals surface area contributed by atoms with Crippen molar-refractivity contribution in [2.24, 2.45) is 0 Å². The average molecular weight is 236 g/mol. The third-order valence-electron chi connectivity index (χ3n) is 3.27. The molecule has 0 unspecified atom stereocenters. The minimum absolute atomic E-state index is 0.0340. The highest BCUT2D eigenvalue weighted by atomic mass is 16.1. The lowest BCUT2D eigenvalue weighted by molar-refractivity contribution is 0.477. The molecule has 1 aliphatic heterocycles. The first-order chi connectivity index (χ1) is 8.20. The fourth-order valence-electron chi connectivity index (χ4n) is 2.15. The molecule has 1 aliphatic rings. The third kappa shape index (κ3) is 2.85. The zero-order valence-electron chi connectivity index (χ0n) is 10.5. The lowest BCUT2D eigenvalue weighted by atomic mass is 10.1. The van der Waals surface area contributed by atoms with E-state index >= 15 is 0 Å². The summed E-state index contributed by atoms with van der Waals surface area (Å²) in [6.45, 7) is 5.88. The smallest absolute Gasteiger partial charge is 0.255 e. The molecule has 1 fully saturated rings. The van der Waals surface area contributed by atoms with Gasteiger partial charge in [0.15, 0.2) is 0 Å². The van der Waals surface area contributed by atoms with Gasteiger partial charge in [-0.25, -0.2) is 4.98 Å². The van der Waals surface area contributed by atoms with E-state index in [9.17, 15) is 4.79 Å². The Kier molecular flexibility index (Phi) is 3.78. The van der Waals surface area contributed by atoms with E-state index in [1.807, 2.05) is 13.8 Å². The third-order valence-corrected chi connectivity index (χ3v) is 3.27. The number of rotatable bonds is 3. The Balaban J connectivity index is 2.15. The Labute approximate surface area is 101 Å². The van der Waals surface area contributed by atoms with Gasteiger partial charge in [-0.2, -0.15) is 0 Å². The van der Waals surface area contributed by atoms with Crippen molar-refractivity contribution >= 4 is 5.95 Å². The molecule has 0 spiro atoms. The maximum absolute atomic E-state index is 11.7. The van der Waals surface area contributed by atoms with Crippen LogP contribution in [0, 0.1) is 6.92 Å². The summed E-state index contributed by atoms with van der Waals surface area (Å²) in [6.07, 6.45) is 2.93. The number of piperidine rings is 1. The van der Waals surface area contributed by atoms with Gasteiger partial charge in [0.05, 0.1) is 5.69 Å². The van der Waals surface area contributed by atoms with Gasteiger partial charge < -0.3 is 10.6 Å². The summed E-state index contributed by atoms with van der Waals surface area (Å²) in [7, 11) is 0. The topological polar surface area (TPSA) is 69.8 Å². The number of hydrogen-bond acceptors (Lipinski definition) is 4. The quantitative estimate of drug-likeness (QED) is 0.726. The SMILES string of the molecule is CCc1nc(NC2CCNCC2)[nH]c(=O)c1C. The predicted molar refractivity (Wildman–Crippen MR) is 68.5 cm³/mol. The number of aromatic nitrogens is 2. The maximum atomic E-state index is 11.7. The van der Waals surface area contributed by atoms with E-state index in [0.29, 0.717) is 12.0 Å². The van der Waals surface area contributed by atoms with E-state index in [0.717, 1.165) is 43.6 Å². The van der Waals surface area contributed by atoms with Crippen LogP contribution in [0.2, 0.25) is 0 Å². The van der Waals surface area contributed by atoms with Crippen LogP contribution in [0.1, 0.15) is 31.0 Å². The molecule has 5 heteroatoms. The Morgan fingerprint density at radius 1 is 1.41 bits per heavy atom. The number of nitrogens with zero attached hydrogens (tertiary/aromatic N) is 1. The molecule has 3 N–H and O–H groups in total. The van der Waals surface area contributed by atoms with Crippen molar-refractivity contribution in [2.75, 3.05) is 18.4 Å². The van der Waals surface area contributed by atoms with Crippen molar-refractivity contribution in [3.8, 4) is 0 Å². The average Bonchev–Trinajstić information content (AvgIpc) is 2.35. The van der Waals surface area contributed by atoms with Crippen molar-refractivity contribution in [3.63, 3.8) is 0 Å². The van der Waals surface area contributed by atoms with Crippen LogP contribution < -0.4 is 16.2 Å². The van der Waals surface area contributed by atoms with Crippen LogP contribution in [0.3, 0.4) is 0 Å². The van der Waals surface area contributed by atoms with E-state index in [1.165, 1.54) is 0 Å². The number of aromatic amines is 1. The Hall–Kier alpha value is -1.36. The van der Waals surface area contributed by atoms with Crippen LogP contribution in [0.25, 0.3) is 0 Å². The number of anilines is 1. The first-order valence-electron chi connectivity index (χ1n) is 6.27. The molecule has 0 aromatic carbocycles. The summed E-state index contributed by atoms with van der Waals surface area (Å²) in [4.78, 5) is 19.0. The summed E-state index contributed by atoms with van der Waals surface area (Å²) in [5.74, 6) is 0.615. The molecule has 0 atom stereocenters. The van der Waals surface area contributed by atoms with E-state index in [-0.39, 0.29) is 5.56 Å². The van der Waals surface area contributed by atoms with Gasteiger partial charge in [0.1, 0.15) is 0 Å². The lowest BCUT2D eigenvalue weighted by Gasteiger charge is -2.24. The van der Waals surface area contributed by atoms with Crippen molar-refractivity contribution in [2.45, 2.75) is 39.2 Å². The number of nitrogens with one attached hydrogen (secondary N) is 3. The molecule has 17 heavy (non-hydrogen) atoms. The van der Waals surface area contributed by atoms with Crippen LogP contribution in [-0.4, -0.2) is 29.1 Å². The zero-order valence-corrected chi connectivity index (χ0v) is 10.5. The zero-order chi connectivity index (χ0) is 12.3. The second-order valence-electron chi connectivity index (χ2n) is 4.51. The van der Waals surface area contributed by atoms with Crippen LogP contribution in [0.4, 0.5) is 5.95 Å². The minimum atomic E-state index is -0.0340. The Morgan fingerprint density at radius 2 is 2.12 bits per heavy atom. The predicted octanol–water partition coefficient (Wildman–Crippen LogP) is 0.805. The van der Waals surface area contributed by atoms with Crippen molar-refractivity contribution in [3.05, 3.63) is 21.6 Å². The fourth-order valence-corrected chi connectivity index (χ4v) is 2.15. The number of aryl methyl sites for hydroxylation is 1. The molecule has 2 heterocycles. The lowest BCUT2D eigenvalue weighted by Crippen LogP contribution is -2.36. The summed E-state index contributed by atoms with van der Waals surface area (Å²) >= 11 is 0. The second kappa shape index (κ2) is 5.31. The molecule has 0 bridgehead atoms. The normalized spacial score (nSPS) is 17.1. The molecule has 1 aromatic rings. The molecule has 2 rings (SSSR count). The first kappa shape index (κ1) is 12.1. The monoisotopic (exact) mass is 236 g/mol. The Morgan fingerprint density at radius 3 is 2.76 bits per heavy atom. The van der Waals surface area contributed by atoms with Crippen molar-refractivity contribution < 1.29 is 0 Å². The highest BCUT2D eigenvalue weighted by Crippen LogP contribution is 2.09. The minimum Gasteiger partial charge on any atom is -0.353 e. The first-order valence-corrected chi connectivity index (χ1v) is 6.27. The van der Waals surface area contributed by atoms with Gasteiger partial charge in [-0.15, -0.1) is 0 Å². The van der Waals surface area contributed by atoms with Crippen LogP contribution in [0.5, 0.6) is 0 Å². The van der Waals surface area contributed by atoms with Gasteiger partial charge in [0.2, 0.25) is 5.95 Å². The summed E-state index contributed by atoms with van der Waals surface area (Å²) < 4.78 is 0. The van der Waals surface area contributed by atoms with Crippen LogP contribution in [-0.2, 0) is 6.42 Å². The molecule has 0 amide bonds. The summed E-state index contributed by atoms with van der Waals surface area (Å²) in [5, 5.41) is 6.63. The van der Waals surface area contributed by atoms with E-state index in [4.69, 9.17) is 0 Å². The molecular formula is C12H20N4O. The van der Waals surface area contributed by atoms with E-state index in [2.05, 4.69) is 20.6 Å². The molecule has 0 saturated carbocycles. The van der Waals surface area contributed by atoms with Gasteiger partial charge in [0.25, 0.3) is 5.56 Å².